The van der Waals surface area contributed by atoms with Crippen LogP contribution in [0.5, 0.6) is 0 Å². The van der Waals surface area contributed by atoms with Crippen LogP contribution in [0.4, 0.5) is 5.82 Å². The number of carbonyl (C=O) groups is 2. The standard InChI is InChI=1S/C26H25BrClN5O3S/c1-26(2,3)25(36)33-23(31(4)14-17-7-10-22(28)37-17)12-19(30-33)18-8-9-21(27)32(24(18)35)15-20(34)16-6-5-11-29-13-16/h5-13H,14-15H2,1-4H3. The van der Waals surface area contributed by atoms with Crippen molar-refractivity contribution in [3.05, 3.63) is 84.6 Å². The largest absolute Gasteiger partial charge is 0.354 e. The molecule has 0 saturated carbocycles. The first-order valence-electron chi connectivity index (χ1n) is 11.4. The number of halogens is 2. The Bertz CT molecular complexity index is 1520. The summed E-state index contributed by atoms with van der Waals surface area (Å²) in [6, 6.07) is 12.1. The van der Waals surface area contributed by atoms with Crippen LogP contribution in [0.2, 0.25) is 4.34 Å². The SMILES string of the molecule is CN(Cc1ccc(Cl)s1)c1cc(-c2ccc(Br)n(CC(=O)c3cccnc3)c2=O)nn1C(=O)C(C)(C)C. The third-order valence-electron chi connectivity index (χ3n) is 5.62. The van der Waals surface area contributed by atoms with E-state index in [-0.39, 0.29) is 23.8 Å². The Morgan fingerprint density at radius 2 is 1.92 bits per heavy atom. The predicted molar refractivity (Wildman–Crippen MR) is 150 cm³/mol. The van der Waals surface area contributed by atoms with Crippen LogP contribution < -0.4 is 10.5 Å². The summed E-state index contributed by atoms with van der Waals surface area (Å²) in [5.74, 6) is 0.0743. The van der Waals surface area contributed by atoms with Gasteiger partial charge in [-0.1, -0.05) is 32.4 Å². The summed E-state index contributed by atoms with van der Waals surface area (Å²) in [6.45, 7) is 5.78. The van der Waals surface area contributed by atoms with E-state index in [9.17, 15) is 14.4 Å². The summed E-state index contributed by atoms with van der Waals surface area (Å²) in [4.78, 5) is 46.5. The van der Waals surface area contributed by atoms with Gasteiger partial charge in [-0.2, -0.15) is 9.78 Å². The van der Waals surface area contributed by atoms with E-state index >= 15 is 0 Å². The molecule has 4 rings (SSSR count). The summed E-state index contributed by atoms with van der Waals surface area (Å²) < 4.78 is 3.82. The number of ketones is 1. The fourth-order valence-electron chi connectivity index (χ4n) is 3.65. The Kier molecular flexibility index (Phi) is 7.82. The van der Waals surface area contributed by atoms with Gasteiger partial charge in [0, 0.05) is 41.4 Å². The average molecular weight is 603 g/mol. The molecule has 0 N–H and O–H groups in total. The van der Waals surface area contributed by atoms with E-state index in [0.717, 1.165) is 4.88 Å². The molecule has 4 heterocycles. The van der Waals surface area contributed by atoms with Gasteiger partial charge in [0.05, 0.1) is 27.6 Å². The van der Waals surface area contributed by atoms with Crippen LogP contribution in [0.25, 0.3) is 11.3 Å². The lowest BCUT2D eigenvalue weighted by atomic mass is 9.96. The number of hydrogen-bond donors (Lipinski definition) is 0. The average Bonchev–Trinajstić information content (AvgIpc) is 3.47. The number of anilines is 1. The number of nitrogens with zero attached hydrogens (tertiary/aromatic N) is 5. The molecule has 0 radical (unpaired) electrons. The maximum absolute atomic E-state index is 13.5. The summed E-state index contributed by atoms with van der Waals surface area (Å²) in [7, 11) is 1.85. The van der Waals surface area contributed by atoms with Crippen LogP contribution in [0.15, 0.2) is 64.3 Å². The monoisotopic (exact) mass is 601 g/mol. The quantitative estimate of drug-likeness (QED) is 0.197. The van der Waals surface area contributed by atoms with Crippen LogP contribution >= 0.6 is 38.9 Å². The molecule has 0 saturated heterocycles. The molecule has 4 aromatic heterocycles. The Labute approximate surface area is 231 Å². The number of hydrogen-bond acceptors (Lipinski definition) is 7. The van der Waals surface area contributed by atoms with Gasteiger partial charge < -0.3 is 4.90 Å². The lowest BCUT2D eigenvalue weighted by molar-refractivity contribution is 0.0751. The normalized spacial score (nSPS) is 11.5. The Morgan fingerprint density at radius 1 is 1.16 bits per heavy atom. The van der Waals surface area contributed by atoms with E-state index in [4.69, 9.17) is 11.6 Å². The highest BCUT2D eigenvalue weighted by atomic mass is 79.9. The van der Waals surface area contributed by atoms with Gasteiger partial charge in [0.2, 0.25) is 0 Å². The van der Waals surface area contributed by atoms with Gasteiger partial charge in [-0.3, -0.25) is 23.9 Å². The van der Waals surface area contributed by atoms with Gasteiger partial charge in [-0.05, 0) is 52.3 Å². The smallest absolute Gasteiger partial charge is 0.261 e. The maximum atomic E-state index is 13.5. The highest BCUT2D eigenvalue weighted by molar-refractivity contribution is 9.10. The van der Waals surface area contributed by atoms with Crippen molar-refractivity contribution in [2.75, 3.05) is 11.9 Å². The van der Waals surface area contributed by atoms with Crippen molar-refractivity contribution in [3.8, 4) is 11.3 Å². The van der Waals surface area contributed by atoms with Crippen molar-refractivity contribution in [3.63, 3.8) is 0 Å². The Hall–Kier alpha value is -3.08. The molecule has 0 aliphatic heterocycles. The second-order valence-electron chi connectivity index (χ2n) is 9.54. The second kappa shape index (κ2) is 10.7. The van der Waals surface area contributed by atoms with Crippen molar-refractivity contribution in [2.24, 2.45) is 5.41 Å². The van der Waals surface area contributed by atoms with E-state index in [1.54, 1.807) is 36.5 Å². The lowest BCUT2D eigenvalue weighted by Crippen LogP contribution is -2.31. The van der Waals surface area contributed by atoms with Crippen molar-refractivity contribution in [1.29, 1.82) is 0 Å². The van der Waals surface area contributed by atoms with Crippen molar-refractivity contribution in [2.45, 2.75) is 33.9 Å². The molecule has 8 nitrogen and oxygen atoms in total. The molecule has 0 aliphatic carbocycles. The first-order chi connectivity index (χ1) is 17.5. The summed E-state index contributed by atoms with van der Waals surface area (Å²) in [5.41, 5.74) is -0.0930. The minimum Gasteiger partial charge on any atom is -0.354 e. The van der Waals surface area contributed by atoms with Crippen molar-refractivity contribution >= 4 is 56.4 Å². The van der Waals surface area contributed by atoms with E-state index in [0.29, 0.717) is 32.6 Å². The molecule has 11 heteroatoms. The van der Waals surface area contributed by atoms with Crippen LogP contribution in [0, 0.1) is 5.41 Å². The summed E-state index contributed by atoms with van der Waals surface area (Å²) in [6.07, 6.45) is 3.05. The number of rotatable bonds is 7. The summed E-state index contributed by atoms with van der Waals surface area (Å²) in [5, 5.41) is 4.56. The van der Waals surface area contributed by atoms with Gasteiger partial charge in [0.1, 0.15) is 11.5 Å². The minimum absolute atomic E-state index is 0.174. The third kappa shape index (κ3) is 5.92. The zero-order valence-corrected chi connectivity index (χ0v) is 23.9. The zero-order valence-electron chi connectivity index (χ0n) is 20.7. The number of thiophene rings is 1. The molecular weight excluding hydrogens is 578 g/mol. The third-order valence-corrected chi connectivity index (χ3v) is 7.53. The molecule has 37 heavy (non-hydrogen) atoms. The van der Waals surface area contributed by atoms with E-state index in [2.05, 4.69) is 26.0 Å². The molecule has 0 spiro atoms. The second-order valence-corrected chi connectivity index (χ2v) is 12.2. The van der Waals surface area contributed by atoms with Crippen LogP contribution in [0.3, 0.4) is 0 Å². The van der Waals surface area contributed by atoms with Crippen molar-refractivity contribution < 1.29 is 9.59 Å². The maximum Gasteiger partial charge on any atom is 0.261 e. The molecule has 0 aliphatic rings. The number of pyridine rings is 2. The molecule has 0 fully saturated rings. The molecule has 192 valence electrons. The summed E-state index contributed by atoms with van der Waals surface area (Å²) >= 11 is 10.9. The van der Waals surface area contributed by atoms with Crippen molar-refractivity contribution in [1.82, 2.24) is 19.3 Å². The first-order valence-corrected chi connectivity index (χ1v) is 13.4. The predicted octanol–water partition coefficient (Wildman–Crippen LogP) is 5.79. The first kappa shape index (κ1) is 27.0. The Morgan fingerprint density at radius 3 is 2.54 bits per heavy atom. The molecule has 0 bridgehead atoms. The van der Waals surface area contributed by atoms with Gasteiger partial charge in [0.15, 0.2) is 5.78 Å². The van der Waals surface area contributed by atoms with Crippen LogP contribution in [-0.2, 0) is 13.1 Å². The highest BCUT2D eigenvalue weighted by Crippen LogP contribution is 2.29. The van der Waals surface area contributed by atoms with E-state index in [1.165, 1.54) is 26.8 Å². The van der Waals surface area contributed by atoms with Crippen LogP contribution in [0.1, 0.15) is 40.8 Å². The lowest BCUT2D eigenvalue weighted by Gasteiger charge is -2.22. The number of aromatic nitrogens is 4. The fraction of sp³-hybridized carbons (Fsp3) is 0.269. The molecule has 4 aromatic rings. The molecule has 0 unspecified atom stereocenters. The van der Waals surface area contributed by atoms with Gasteiger partial charge >= 0.3 is 0 Å². The highest BCUT2D eigenvalue weighted by Gasteiger charge is 2.29. The van der Waals surface area contributed by atoms with E-state index < -0.39 is 11.0 Å². The van der Waals surface area contributed by atoms with Crippen LogP contribution in [-0.4, -0.2) is 38.1 Å². The molecular formula is C26H25BrClN5O3S. The van der Waals surface area contributed by atoms with Gasteiger partial charge in [-0.25, -0.2) is 0 Å². The molecule has 0 aromatic carbocycles. The van der Waals surface area contributed by atoms with Gasteiger partial charge in [-0.15, -0.1) is 11.3 Å². The molecule has 0 atom stereocenters. The number of carbonyl (C=O) groups excluding carboxylic acids is 2. The topological polar surface area (TPSA) is 90.1 Å². The van der Waals surface area contributed by atoms with E-state index in [1.807, 2.05) is 44.9 Å². The fourth-order valence-corrected chi connectivity index (χ4v) is 5.21. The molecule has 0 amide bonds. The zero-order chi connectivity index (χ0) is 26.9. The Balaban J connectivity index is 1.75. The minimum atomic E-state index is -0.707. The number of Topliss-reactive ketones (excluding diaryl/α,β-unsaturated/α-hetero) is 1. The van der Waals surface area contributed by atoms with Gasteiger partial charge in [0.25, 0.3) is 11.5 Å².